The minimum atomic E-state index is -0.269. The Labute approximate surface area is 133 Å². The summed E-state index contributed by atoms with van der Waals surface area (Å²) in [5, 5.41) is 4.86. The first-order valence-electron chi connectivity index (χ1n) is 7.86. The summed E-state index contributed by atoms with van der Waals surface area (Å²) in [6.07, 6.45) is 5.72. The molecule has 4 rings (SSSR count). The van der Waals surface area contributed by atoms with Crippen LogP contribution < -0.4 is 11.3 Å². The molecule has 0 unspecified atom stereocenters. The van der Waals surface area contributed by atoms with Crippen molar-refractivity contribution < 1.29 is 0 Å². The van der Waals surface area contributed by atoms with Crippen LogP contribution in [0.25, 0.3) is 22.0 Å². The number of aryl methyl sites for hydroxylation is 1. The highest BCUT2D eigenvalue weighted by Crippen LogP contribution is 2.36. The van der Waals surface area contributed by atoms with Crippen LogP contribution in [0, 0.1) is 0 Å². The van der Waals surface area contributed by atoms with Crippen LogP contribution in [-0.4, -0.2) is 19.3 Å². The predicted octanol–water partition coefficient (Wildman–Crippen LogP) is 2.15. The van der Waals surface area contributed by atoms with E-state index in [-0.39, 0.29) is 17.6 Å². The molecule has 1 saturated carbocycles. The molecule has 1 aliphatic carbocycles. The van der Waals surface area contributed by atoms with E-state index < -0.39 is 0 Å². The average Bonchev–Trinajstić information content (AvgIpc) is 3.27. The summed E-state index contributed by atoms with van der Waals surface area (Å²) in [6, 6.07) is 5.71. The first-order chi connectivity index (χ1) is 11.1. The van der Waals surface area contributed by atoms with E-state index in [2.05, 4.69) is 5.10 Å². The molecule has 1 fully saturated rings. The summed E-state index contributed by atoms with van der Waals surface area (Å²) in [5.41, 5.74) is 8.55. The van der Waals surface area contributed by atoms with Crippen LogP contribution in [0.3, 0.4) is 0 Å². The van der Waals surface area contributed by atoms with Gasteiger partial charge in [-0.2, -0.15) is 5.10 Å². The molecule has 0 saturated heterocycles. The zero-order valence-electron chi connectivity index (χ0n) is 13.2. The molecule has 6 heteroatoms. The third kappa shape index (κ3) is 2.26. The maximum absolute atomic E-state index is 13.2. The monoisotopic (exact) mass is 309 g/mol. The van der Waals surface area contributed by atoms with E-state index in [1.807, 2.05) is 38.4 Å². The zero-order chi connectivity index (χ0) is 16.1. The van der Waals surface area contributed by atoms with Crippen LogP contribution in [0.4, 0.5) is 0 Å². The fourth-order valence-corrected chi connectivity index (χ4v) is 3.07. The maximum Gasteiger partial charge on any atom is 0.262 e. The summed E-state index contributed by atoms with van der Waals surface area (Å²) in [7, 11) is 1.86. The van der Waals surface area contributed by atoms with Gasteiger partial charge in [-0.1, -0.05) is 12.1 Å². The Morgan fingerprint density at radius 2 is 2.13 bits per heavy atom. The van der Waals surface area contributed by atoms with E-state index in [4.69, 9.17) is 10.7 Å². The predicted molar refractivity (Wildman–Crippen MR) is 89.1 cm³/mol. The number of hydrogen-bond acceptors (Lipinski definition) is 4. The van der Waals surface area contributed by atoms with Crippen molar-refractivity contribution in [2.75, 3.05) is 0 Å². The summed E-state index contributed by atoms with van der Waals surface area (Å²) in [5.74, 6) is 0.674. The fourth-order valence-electron chi connectivity index (χ4n) is 3.07. The number of hydrogen-bond donors (Lipinski definition) is 1. The van der Waals surface area contributed by atoms with Gasteiger partial charge in [0.1, 0.15) is 5.82 Å². The summed E-state index contributed by atoms with van der Waals surface area (Å²) >= 11 is 0. The van der Waals surface area contributed by atoms with Crippen molar-refractivity contribution in [3.8, 4) is 11.1 Å². The molecule has 0 amide bonds. The van der Waals surface area contributed by atoms with Gasteiger partial charge in [-0.3, -0.25) is 14.0 Å². The second kappa shape index (κ2) is 5.03. The molecule has 118 valence electrons. The first-order valence-corrected chi connectivity index (χ1v) is 7.86. The smallest absolute Gasteiger partial charge is 0.262 e. The van der Waals surface area contributed by atoms with Gasteiger partial charge in [-0.05, 0) is 31.4 Å². The second-order valence-corrected chi connectivity index (χ2v) is 6.27. The highest BCUT2D eigenvalue weighted by atomic mass is 16.1. The molecule has 3 aromatic rings. The lowest BCUT2D eigenvalue weighted by Crippen LogP contribution is -2.28. The molecule has 0 bridgehead atoms. The Bertz CT molecular complexity index is 949. The molecule has 2 aromatic heterocycles. The Kier molecular flexibility index (Phi) is 3.09. The van der Waals surface area contributed by atoms with Gasteiger partial charge in [0.25, 0.3) is 5.56 Å². The summed E-state index contributed by atoms with van der Waals surface area (Å²) < 4.78 is 3.53. The van der Waals surface area contributed by atoms with Crippen LogP contribution in [0.2, 0.25) is 0 Å². The largest absolute Gasteiger partial charge is 0.322 e. The van der Waals surface area contributed by atoms with Crippen molar-refractivity contribution in [2.24, 2.45) is 12.8 Å². The number of benzene rings is 1. The van der Waals surface area contributed by atoms with Gasteiger partial charge in [0.15, 0.2) is 0 Å². The highest BCUT2D eigenvalue weighted by molar-refractivity contribution is 5.93. The lowest BCUT2D eigenvalue weighted by Gasteiger charge is -2.16. The number of fused-ring (bicyclic) bond motifs is 1. The molecule has 1 aromatic carbocycles. The van der Waals surface area contributed by atoms with Gasteiger partial charge in [0.05, 0.1) is 23.1 Å². The van der Waals surface area contributed by atoms with Crippen molar-refractivity contribution in [2.45, 2.75) is 31.8 Å². The van der Waals surface area contributed by atoms with Crippen molar-refractivity contribution >= 4 is 10.9 Å². The van der Waals surface area contributed by atoms with Gasteiger partial charge >= 0.3 is 0 Å². The fraction of sp³-hybridized carbons (Fsp3) is 0.353. The minimum Gasteiger partial charge on any atom is -0.322 e. The van der Waals surface area contributed by atoms with Gasteiger partial charge in [-0.25, -0.2) is 4.98 Å². The quantitative estimate of drug-likeness (QED) is 0.804. The molecular weight excluding hydrogens is 290 g/mol. The van der Waals surface area contributed by atoms with Crippen LogP contribution in [0.5, 0.6) is 0 Å². The van der Waals surface area contributed by atoms with E-state index >= 15 is 0 Å². The van der Waals surface area contributed by atoms with Gasteiger partial charge in [0, 0.05) is 24.8 Å². The average molecular weight is 309 g/mol. The van der Waals surface area contributed by atoms with Crippen molar-refractivity contribution in [1.82, 2.24) is 19.3 Å². The Morgan fingerprint density at radius 3 is 2.74 bits per heavy atom. The molecule has 23 heavy (non-hydrogen) atoms. The molecule has 1 aliphatic rings. The summed E-state index contributed by atoms with van der Waals surface area (Å²) in [4.78, 5) is 17.9. The van der Waals surface area contributed by atoms with Crippen LogP contribution >= 0.6 is 0 Å². The third-order valence-electron chi connectivity index (χ3n) is 4.29. The molecule has 0 radical (unpaired) electrons. The Morgan fingerprint density at radius 1 is 1.35 bits per heavy atom. The topological polar surface area (TPSA) is 78.7 Å². The highest BCUT2D eigenvalue weighted by Gasteiger charge is 2.29. The van der Waals surface area contributed by atoms with Crippen molar-refractivity contribution in [3.63, 3.8) is 0 Å². The lowest BCUT2D eigenvalue weighted by atomic mass is 10.0. The number of rotatable bonds is 3. The number of nitrogens with zero attached hydrogens (tertiary/aromatic N) is 4. The summed E-state index contributed by atoms with van der Waals surface area (Å²) in [6.45, 7) is 1.87. The van der Waals surface area contributed by atoms with E-state index in [9.17, 15) is 4.79 Å². The molecule has 2 heterocycles. The van der Waals surface area contributed by atoms with Gasteiger partial charge < -0.3 is 5.73 Å². The first kappa shape index (κ1) is 14.1. The number of aromatic nitrogens is 4. The molecule has 1 atom stereocenters. The Hall–Kier alpha value is -2.47. The van der Waals surface area contributed by atoms with E-state index in [0.29, 0.717) is 16.7 Å². The SMILES string of the molecule is C[C@H](N)c1nc2cccc(-c3cnn(C)c3)c2c(=O)n1C1CC1. The number of nitrogens with two attached hydrogens (primary N) is 1. The van der Waals surface area contributed by atoms with Crippen molar-refractivity contribution in [1.29, 1.82) is 0 Å². The van der Waals surface area contributed by atoms with Crippen LogP contribution in [0.1, 0.15) is 37.7 Å². The van der Waals surface area contributed by atoms with Gasteiger partial charge in [-0.15, -0.1) is 0 Å². The lowest BCUT2D eigenvalue weighted by molar-refractivity contribution is 0.594. The molecular formula is C17H19N5O. The van der Waals surface area contributed by atoms with E-state index in [1.54, 1.807) is 15.4 Å². The molecule has 6 nitrogen and oxygen atoms in total. The van der Waals surface area contributed by atoms with Crippen LogP contribution in [0.15, 0.2) is 35.4 Å². The van der Waals surface area contributed by atoms with E-state index in [0.717, 1.165) is 24.0 Å². The molecule has 0 spiro atoms. The minimum absolute atomic E-state index is 0.00394. The molecule has 0 aliphatic heterocycles. The zero-order valence-corrected chi connectivity index (χ0v) is 13.2. The normalized spacial score (nSPS) is 16.0. The van der Waals surface area contributed by atoms with Gasteiger partial charge in [0.2, 0.25) is 0 Å². The second-order valence-electron chi connectivity index (χ2n) is 6.27. The van der Waals surface area contributed by atoms with Crippen molar-refractivity contribution in [3.05, 3.63) is 46.8 Å². The Balaban J connectivity index is 2.07. The van der Waals surface area contributed by atoms with E-state index in [1.165, 1.54) is 0 Å². The van der Waals surface area contributed by atoms with Crippen LogP contribution in [-0.2, 0) is 7.05 Å². The maximum atomic E-state index is 13.2. The standard InChI is InChI=1S/C17H19N5O/c1-10(18)16-20-14-5-3-4-13(11-8-19-21(2)9-11)15(14)17(23)22(16)12-6-7-12/h3-5,8-10,12H,6-7,18H2,1-2H3/t10-/m0/s1. The molecule has 2 N–H and O–H groups in total. The third-order valence-corrected chi connectivity index (χ3v) is 4.29.